The van der Waals surface area contributed by atoms with Crippen LogP contribution in [-0.2, 0) is 0 Å². The summed E-state index contributed by atoms with van der Waals surface area (Å²) < 4.78 is 0. The molecule has 20 heavy (non-hydrogen) atoms. The van der Waals surface area contributed by atoms with Crippen molar-refractivity contribution in [2.75, 3.05) is 31.1 Å². The molecule has 1 aromatic heterocycles. The van der Waals surface area contributed by atoms with Crippen molar-refractivity contribution in [1.29, 1.82) is 0 Å². The first-order valence-electron chi connectivity index (χ1n) is 6.59. The molecule has 2 heterocycles. The van der Waals surface area contributed by atoms with Crippen LogP contribution in [0, 0.1) is 0 Å². The number of rotatable bonds is 4. The van der Waals surface area contributed by atoms with Gasteiger partial charge in [0.15, 0.2) is 11.7 Å². The predicted molar refractivity (Wildman–Crippen MR) is 78.3 cm³/mol. The molecule has 0 aliphatic carbocycles. The van der Waals surface area contributed by atoms with Crippen LogP contribution in [0.4, 0.5) is 5.82 Å². The van der Waals surface area contributed by atoms with E-state index in [0.29, 0.717) is 5.02 Å². The SMILES string of the molecule is CCC(C(N)=NO)N1CCN(c2ncncc2Cl)CC1. The van der Waals surface area contributed by atoms with Crippen molar-refractivity contribution in [1.82, 2.24) is 14.9 Å². The molecule has 3 N–H and O–H groups in total. The number of aromatic nitrogens is 2. The van der Waals surface area contributed by atoms with E-state index in [2.05, 4.69) is 24.9 Å². The van der Waals surface area contributed by atoms with Crippen LogP contribution in [0.5, 0.6) is 0 Å². The molecule has 0 bridgehead atoms. The van der Waals surface area contributed by atoms with Gasteiger partial charge < -0.3 is 15.8 Å². The molecule has 7 nitrogen and oxygen atoms in total. The first kappa shape index (κ1) is 14.8. The van der Waals surface area contributed by atoms with E-state index in [1.165, 1.54) is 6.33 Å². The number of halogens is 1. The number of piperazine rings is 1. The largest absolute Gasteiger partial charge is 0.409 e. The zero-order chi connectivity index (χ0) is 14.5. The van der Waals surface area contributed by atoms with Crippen molar-refractivity contribution in [3.63, 3.8) is 0 Å². The number of hydrogen-bond acceptors (Lipinski definition) is 6. The Balaban J connectivity index is 2.00. The van der Waals surface area contributed by atoms with E-state index in [1.54, 1.807) is 6.20 Å². The Morgan fingerprint density at radius 2 is 2.20 bits per heavy atom. The molecule has 0 amide bonds. The molecule has 2 rings (SSSR count). The molecule has 0 radical (unpaired) electrons. The van der Waals surface area contributed by atoms with Crippen molar-refractivity contribution in [2.45, 2.75) is 19.4 Å². The van der Waals surface area contributed by atoms with Gasteiger partial charge in [0.05, 0.1) is 12.2 Å². The minimum absolute atomic E-state index is 0.0250. The summed E-state index contributed by atoms with van der Waals surface area (Å²) >= 11 is 6.10. The molecule has 110 valence electrons. The highest BCUT2D eigenvalue weighted by Crippen LogP contribution is 2.23. The van der Waals surface area contributed by atoms with Crippen molar-refractivity contribution in [3.05, 3.63) is 17.5 Å². The number of oxime groups is 1. The highest BCUT2D eigenvalue weighted by Gasteiger charge is 2.26. The monoisotopic (exact) mass is 298 g/mol. The van der Waals surface area contributed by atoms with Crippen molar-refractivity contribution >= 4 is 23.3 Å². The van der Waals surface area contributed by atoms with Crippen LogP contribution < -0.4 is 10.6 Å². The lowest BCUT2D eigenvalue weighted by molar-refractivity contribution is 0.215. The highest BCUT2D eigenvalue weighted by molar-refractivity contribution is 6.32. The molecule has 1 fully saturated rings. The molecule has 8 heteroatoms. The van der Waals surface area contributed by atoms with Crippen molar-refractivity contribution in [3.8, 4) is 0 Å². The Morgan fingerprint density at radius 1 is 1.50 bits per heavy atom. The number of amidine groups is 1. The van der Waals surface area contributed by atoms with Gasteiger partial charge in [0.1, 0.15) is 11.3 Å². The first-order chi connectivity index (χ1) is 9.67. The van der Waals surface area contributed by atoms with Gasteiger partial charge in [-0.05, 0) is 6.42 Å². The maximum absolute atomic E-state index is 8.82. The smallest absolute Gasteiger partial charge is 0.156 e. The summed E-state index contributed by atoms with van der Waals surface area (Å²) in [6.07, 6.45) is 3.91. The van der Waals surface area contributed by atoms with Crippen molar-refractivity contribution in [2.24, 2.45) is 10.9 Å². The van der Waals surface area contributed by atoms with Crippen LogP contribution in [0.3, 0.4) is 0 Å². The van der Waals surface area contributed by atoms with Crippen LogP contribution in [0.15, 0.2) is 17.7 Å². The molecule has 1 aromatic rings. The van der Waals surface area contributed by atoms with Crippen LogP contribution in [0.25, 0.3) is 0 Å². The van der Waals surface area contributed by atoms with Gasteiger partial charge in [0.2, 0.25) is 0 Å². The molecule has 1 aliphatic rings. The average molecular weight is 299 g/mol. The second kappa shape index (κ2) is 6.71. The van der Waals surface area contributed by atoms with Gasteiger partial charge in [-0.3, -0.25) is 4.90 Å². The molecule has 1 unspecified atom stereocenters. The molecule has 1 aliphatic heterocycles. The molecule has 1 saturated heterocycles. The van der Waals surface area contributed by atoms with Crippen LogP contribution >= 0.6 is 11.6 Å². The van der Waals surface area contributed by atoms with Crippen LogP contribution in [0.2, 0.25) is 5.02 Å². The lowest BCUT2D eigenvalue weighted by Gasteiger charge is -2.39. The quantitative estimate of drug-likeness (QED) is 0.369. The molecule has 0 aromatic carbocycles. The van der Waals surface area contributed by atoms with Gasteiger partial charge in [0.25, 0.3) is 0 Å². The Hall–Kier alpha value is -1.60. The van der Waals surface area contributed by atoms with E-state index in [9.17, 15) is 0 Å². The van der Waals surface area contributed by atoms with E-state index in [1.807, 2.05) is 6.92 Å². The predicted octanol–water partition coefficient (Wildman–Crippen LogP) is 0.777. The Kier molecular flexibility index (Phi) is 4.97. The van der Waals surface area contributed by atoms with Gasteiger partial charge in [-0.15, -0.1) is 0 Å². The summed E-state index contributed by atoms with van der Waals surface area (Å²) in [5.74, 6) is 1.03. The fraction of sp³-hybridized carbons (Fsp3) is 0.583. The fourth-order valence-electron chi connectivity index (χ4n) is 2.51. The number of nitrogens with two attached hydrogens (primary N) is 1. The van der Waals surface area contributed by atoms with E-state index >= 15 is 0 Å². The minimum atomic E-state index is -0.0250. The van der Waals surface area contributed by atoms with E-state index in [-0.39, 0.29) is 11.9 Å². The molecular formula is C12H19ClN6O. The van der Waals surface area contributed by atoms with Gasteiger partial charge in [-0.2, -0.15) is 0 Å². The Bertz CT molecular complexity index is 475. The number of anilines is 1. The zero-order valence-electron chi connectivity index (χ0n) is 11.4. The minimum Gasteiger partial charge on any atom is -0.409 e. The van der Waals surface area contributed by atoms with Crippen LogP contribution in [-0.4, -0.2) is 58.1 Å². The lowest BCUT2D eigenvalue weighted by atomic mass is 10.1. The summed E-state index contributed by atoms with van der Waals surface area (Å²) in [4.78, 5) is 12.4. The number of hydrogen-bond donors (Lipinski definition) is 2. The highest BCUT2D eigenvalue weighted by atomic mass is 35.5. The summed E-state index contributed by atoms with van der Waals surface area (Å²) in [7, 11) is 0. The van der Waals surface area contributed by atoms with E-state index < -0.39 is 0 Å². The molecule has 0 spiro atoms. The lowest BCUT2D eigenvalue weighted by Crippen LogP contribution is -2.54. The molecular weight excluding hydrogens is 280 g/mol. The third kappa shape index (κ3) is 3.10. The summed E-state index contributed by atoms with van der Waals surface area (Å²) in [6, 6.07) is -0.0250. The Morgan fingerprint density at radius 3 is 2.75 bits per heavy atom. The summed E-state index contributed by atoms with van der Waals surface area (Å²) in [6.45, 7) is 5.25. The average Bonchev–Trinajstić information content (AvgIpc) is 2.49. The number of nitrogens with zero attached hydrogens (tertiary/aromatic N) is 5. The third-order valence-corrected chi connectivity index (χ3v) is 3.81. The summed E-state index contributed by atoms with van der Waals surface area (Å²) in [5, 5.41) is 12.5. The normalized spacial score (nSPS) is 19.1. The first-order valence-corrected chi connectivity index (χ1v) is 6.97. The van der Waals surface area contributed by atoms with Gasteiger partial charge in [-0.25, -0.2) is 9.97 Å². The Labute approximate surface area is 123 Å². The second-order valence-corrected chi connectivity index (χ2v) is 5.07. The molecule has 0 saturated carbocycles. The molecule has 1 atom stereocenters. The van der Waals surface area contributed by atoms with Gasteiger partial charge in [-0.1, -0.05) is 23.7 Å². The third-order valence-electron chi connectivity index (χ3n) is 3.55. The maximum atomic E-state index is 8.82. The van der Waals surface area contributed by atoms with E-state index in [4.69, 9.17) is 22.5 Å². The fourth-order valence-corrected chi connectivity index (χ4v) is 2.73. The van der Waals surface area contributed by atoms with Gasteiger partial charge >= 0.3 is 0 Å². The van der Waals surface area contributed by atoms with Crippen molar-refractivity contribution < 1.29 is 5.21 Å². The van der Waals surface area contributed by atoms with E-state index in [0.717, 1.165) is 38.4 Å². The maximum Gasteiger partial charge on any atom is 0.156 e. The standard InChI is InChI=1S/C12H19ClN6O/c1-2-10(11(14)17-20)18-3-5-19(6-4-18)12-9(13)7-15-8-16-12/h7-8,10,20H,2-6H2,1H3,(H2,14,17). The van der Waals surface area contributed by atoms with Crippen LogP contribution in [0.1, 0.15) is 13.3 Å². The summed E-state index contributed by atoms with van der Waals surface area (Å²) in [5.41, 5.74) is 5.73. The zero-order valence-corrected chi connectivity index (χ0v) is 12.2. The second-order valence-electron chi connectivity index (χ2n) is 4.67. The van der Waals surface area contributed by atoms with Gasteiger partial charge in [0, 0.05) is 26.2 Å². The topological polar surface area (TPSA) is 90.9 Å².